The van der Waals surface area contributed by atoms with Crippen LogP contribution in [0.15, 0.2) is 60.8 Å². The van der Waals surface area contributed by atoms with Crippen molar-refractivity contribution in [2.24, 2.45) is 0 Å². The number of likely N-dealkylation sites (N-methyl/N-ethyl adjacent to an activating group) is 1. The number of nitrogens with zero attached hydrogens (tertiary/aromatic N) is 2. The number of pyridine rings is 1. The van der Waals surface area contributed by atoms with E-state index in [1.54, 1.807) is 30.3 Å². The minimum absolute atomic E-state index is 0.137. The van der Waals surface area contributed by atoms with Gasteiger partial charge in [0.2, 0.25) is 0 Å². The predicted octanol–water partition coefficient (Wildman–Crippen LogP) is 5.22. The van der Waals surface area contributed by atoms with E-state index in [4.69, 9.17) is 23.2 Å². The smallest absolute Gasteiger partial charge is 0.250 e. The number of rotatable bonds is 3. The molecular formula is C19H14Cl2N2O. The van der Waals surface area contributed by atoms with Gasteiger partial charge in [-0.25, -0.2) is 0 Å². The van der Waals surface area contributed by atoms with Crippen molar-refractivity contribution in [3.05, 3.63) is 76.4 Å². The second-order valence-corrected chi connectivity index (χ2v) is 6.13. The molecule has 0 spiro atoms. The summed E-state index contributed by atoms with van der Waals surface area (Å²) in [4.78, 5) is 18.1. The Morgan fingerprint density at radius 1 is 1.12 bits per heavy atom. The molecule has 0 aliphatic carbocycles. The Balaban J connectivity index is 1.87. The topological polar surface area (TPSA) is 33.2 Å². The van der Waals surface area contributed by atoms with Crippen molar-refractivity contribution in [2.45, 2.75) is 0 Å². The summed E-state index contributed by atoms with van der Waals surface area (Å²) >= 11 is 12.2. The van der Waals surface area contributed by atoms with E-state index >= 15 is 0 Å². The number of hydrogen-bond donors (Lipinski definition) is 0. The fraction of sp³-hybridized carbons (Fsp3) is 0.0526. The molecular weight excluding hydrogens is 343 g/mol. The number of para-hydroxylation sites is 1. The maximum Gasteiger partial charge on any atom is 0.250 e. The van der Waals surface area contributed by atoms with E-state index in [0.717, 1.165) is 22.2 Å². The van der Waals surface area contributed by atoms with Crippen LogP contribution in [0.2, 0.25) is 10.0 Å². The summed E-state index contributed by atoms with van der Waals surface area (Å²) in [6, 6.07) is 14.9. The SMILES string of the molecule is CN(C(=O)C=Cc1cc2cc(Cl)cnc2cc1Cl)c1ccccc1. The van der Waals surface area contributed by atoms with Gasteiger partial charge in [-0.05, 0) is 42.0 Å². The first-order valence-electron chi connectivity index (χ1n) is 7.30. The molecule has 1 heterocycles. The predicted molar refractivity (Wildman–Crippen MR) is 101 cm³/mol. The summed E-state index contributed by atoms with van der Waals surface area (Å²) in [5.74, 6) is -0.137. The molecule has 0 bridgehead atoms. The van der Waals surface area contributed by atoms with Gasteiger partial charge in [-0.3, -0.25) is 9.78 Å². The summed E-state index contributed by atoms with van der Waals surface area (Å²) in [7, 11) is 1.73. The zero-order chi connectivity index (χ0) is 17.1. The lowest BCUT2D eigenvalue weighted by Gasteiger charge is -2.14. The fourth-order valence-electron chi connectivity index (χ4n) is 2.32. The highest BCUT2D eigenvalue weighted by Crippen LogP contribution is 2.26. The van der Waals surface area contributed by atoms with Crippen LogP contribution in [0.4, 0.5) is 5.69 Å². The molecule has 1 amide bonds. The molecule has 0 fully saturated rings. The lowest BCUT2D eigenvalue weighted by atomic mass is 10.1. The summed E-state index contributed by atoms with van der Waals surface area (Å²) in [6.07, 6.45) is 4.77. The second-order valence-electron chi connectivity index (χ2n) is 5.29. The van der Waals surface area contributed by atoms with Crippen LogP contribution in [0.5, 0.6) is 0 Å². The van der Waals surface area contributed by atoms with Crippen LogP contribution in [0.25, 0.3) is 17.0 Å². The Hall–Kier alpha value is -2.36. The quantitative estimate of drug-likeness (QED) is 0.603. The molecule has 0 aliphatic rings. The zero-order valence-electron chi connectivity index (χ0n) is 12.9. The van der Waals surface area contributed by atoms with Crippen molar-refractivity contribution in [1.82, 2.24) is 4.98 Å². The molecule has 120 valence electrons. The van der Waals surface area contributed by atoms with Crippen LogP contribution in [-0.2, 0) is 4.79 Å². The number of halogens is 2. The van der Waals surface area contributed by atoms with E-state index in [-0.39, 0.29) is 5.91 Å². The standard InChI is InChI=1S/C19H14Cl2N2O/c1-23(16-5-3-2-4-6-16)19(24)8-7-13-9-14-10-15(20)12-22-18(14)11-17(13)21/h2-12H,1H3. The Labute approximate surface area is 150 Å². The molecule has 1 aromatic heterocycles. The molecule has 5 heteroatoms. The number of carbonyl (C=O) groups excluding carboxylic acids is 1. The second kappa shape index (κ2) is 7.04. The van der Waals surface area contributed by atoms with Gasteiger partial charge in [-0.1, -0.05) is 41.4 Å². The number of hydrogen-bond acceptors (Lipinski definition) is 2. The first-order valence-corrected chi connectivity index (χ1v) is 8.06. The maximum atomic E-state index is 12.3. The van der Waals surface area contributed by atoms with E-state index in [1.807, 2.05) is 42.5 Å². The summed E-state index contributed by atoms with van der Waals surface area (Å²) in [6.45, 7) is 0. The van der Waals surface area contributed by atoms with Crippen molar-refractivity contribution in [3.63, 3.8) is 0 Å². The van der Waals surface area contributed by atoms with Gasteiger partial charge in [0, 0.05) is 35.4 Å². The Morgan fingerprint density at radius 2 is 1.88 bits per heavy atom. The molecule has 0 radical (unpaired) electrons. The third-order valence-electron chi connectivity index (χ3n) is 3.65. The average molecular weight is 357 g/mol. The summed E-state index contributed by atoms with van der Waals surface area (Å²) in [5, 5.41) is 1.96. The van der Waals surface area contributed by atoms with Crippen molar-refractivity contribution in [1.29, 1.82) is 0 Å². The Morgan fingerprint density at radius 3 is 2.62 bits per heavy atom. The molecule has 0 saturated carbocycles. The van der Waals surface area contributed by atoms with E-state index in [2.05, 4.69) is 4.98 Å². The molecule has 3 aromatic rings. The van der Waals surface area contributed by atoms with Crippen LogP contribution in [0, 0.1) is 0 Å². The number of carbonyl (C=O) groups is 1. The largest absolute Gasteiger partial charge is 0.312 e. The molecule has 2 aromatic carbocycles. The lowest BCUT2D eigenvalue weighted by molar-refractivity contribution is -0.113. The van der Waals surface area contributed by atoms with E-state index < -0.39 is 0 Å². The Kier molecular flexibility index (Phi) is 4.84. The van der Waals surface area contributed by atoms with Crippen molar-refractivity contribution in [2.75, 3.05) is 11.9 Å². The van der Waals surface area contributed by atoms with Gasteiger partial charge < -0.3 is 4.90 Å². The van der Waals surface area contributed by atoms with Crippen molar-refractivity contribution in [3.8, 4) is 0 Å². The van der Waals surface area contributed by atoms with Gasteiger partial charge in [-0.15, -0.1) is 0 Å². The highest BCUT2D eigenvalue weighted by Gasteiger charge is 2.08. The first kappa shape index (κ1) is 16.5. The van der Waals surface area contributed by atoms with Gasteiger partial charge in [-0.2, -0.15) is 0 Å². The normalized spacial score (nSPS) is 11.1. The van der Waals surface area contributed by atoms with E-state index in [1.165, 1.54) is 6.08 Å². The number of anilines is 1. The number of benzene rings is 2. The Bertz CT molecular complexity index is 923. The van der Waals surface area contributed by atoms with Crippen LogP contribution < -0.4 is 4.90 Å². The minimum Gasteiger partial charge on any atom is -0.312 e. The van der Waals surface area contributed by atoms with Crippen molar-refractivity contribution < 1.29 is 4.79 Å². The third kappa shape index (κ3) is 3.58. The minimum atomic E-state index is -0.137. The van der Waals surface area contributed by atoms with Crippen LogP contribution in [-0.4, -0.2) is 17.9 Å². The monoisotopic (exact) mass is 356 g/mol. The van der Waals surface area contributed by atoms with Gasteiger partial charge in [0.15, 0.2) is 0 Å². The first-order chi connectivity index (χ1) is 11.5. The molecule has 24 heavy (non-hydrogen) atoms. The molecule has 3 rings (SSSR count). The van der Waals surface area contributed by atoms with Crippen molar-refractivity contribution >= 4 is 51.8 Å². The average Bonchev–Trinajstić information content (AvgIpc) is 2.60. The fourth-order valence-corrected chi connectivity index (χ4v) is 2.71. The number of amides is 1. The van der Waals surface area contributed by atoms with Gasteiger partial charge >= 0.3 is 0 Å². The molecule has 0 aliphatic heterocycles. The highest BCUT2D eigenvalue weighted by atomic mass is 35.5. The van der Waals surface area contributed by atoms with E-state index in [0.29, 0.717) is 10.0 Å². The summed E-state index contributed by atoms with van der Waals surface area (Å²) in [5.41, 5.74) is 2.32. The third-order valence-corrected chi connectivity index (χ3v) is 4.18. The lowest BCUT2D eigenvalue weighted by Crippen LogP contribution is -2.23. The number of aromatic nitrogens is 1. The molecule has 3 nitrogen and oxygen atoms in total. The highest BCUT2D eigenvalue weighted by molar-refractivity contribution is 6.33. The van der Waals surface area contributed by atoms with Crippen LogP contribution >= 0.6 is 23.2 Å². The molecule has 0 atom stereocenters. The molecule has 0 saturated heterocycles. The van der Waals surface area contributed by atoms with Gasteiger partial charge in [0.25, 0.3) is 5.91 Å². The van der Waals surface area contributed by atoms with Gasteiger partial charge in [0.05, 0.1) is 10.5 Å². The van der Waals surface area contributed by atoms with E-state index in [9.17, 15) is 4.79 Å². The summed E-state index contributed by atoms with van der Waals surface area (Å²) < 4.78 is 0. The maximum absolute atomic E-state index is 12.3. The van der Waals surface area contributed by atoms with Crippen LogP contribution in [0.1, 0.15) is 5.56 Å². The van der Waals surface area contributed by atoms with Crippen LogP contribution in [0.3, 0.4) is 0 Å². The molecule has 0 unspecified atom stereocenters. The molecule has 0 N–H and O–H groups in total. The van der Waals surface area contributed by atoms with Gasteiger partial charge in [0.1, 0.15) is 0 Å². The zero-order valence-corrected chi connectivity index (χ0v) is 14.4. The number of fused-ring (bicyclic) bond motifs is 1.